The maximum absolute atomic E-state index is 12.9. The van der Waals surface area contributed by atoms with Crippen LogP contribution in [0.15, 0.2) is 18.2 Å². The third-order valence-electron chi connectivity index (χ3n) is 3.77. The molecule has 0 aliphatic heterocycles. The van der Waals surface area contributed by atoms with Crippen LogP contribution in [-0.2, 0) is 4.79 Å². The van der Waals surface area contributed by atoms with Gasteiger partial charge in [-0.1, -0.05) is 24.6 Å². The topological polar surface area (TPSA) is 130 Å². The van der Waals surface area contributed by atoms with E-state index in [-0.39, 0.29) is 17.0 Å². The van der Waals surface area contributed by atoms with Gasteiger partial charge in [-0.25, -0.2) is 4.79 Å². The maximum Gasteiger partial charge on any atom is 0.405 e. The second-order valence-electron chi connectivity index (χ2n) is 5.55. The number of imide groups is 1. The van der Waals surface area contributed by atoms with E-state index in [0.29, 0.717) is 12.8 Å². The fourth-order valence-electron chi connectivity index (χ4n) is 2.43. The molecule has 0 heterocycles. The Balaban J connectivity index is 2.42. The van der Waals surface area contributed by atoms with Crippen LogP contribution in [0.25, 0.3) is 0 Å². The molecule has 1 fully saturated rings. The summed E-state index contributed by atoms with van der Waals surface area (Å²) < 4.78 is 0. The molecule has 9 nitrogen and oxygen atoms in total. The van der Waals surface area contributed by atoms with Gasteiger partial charge in [-0.3, -0.25) is 24.6 Å². The van der Waals surface area contributed by atoms with Crippen molar-refractivity contribution in [2.75, 3.05) is 0 Å². The van der Waals surface area contributed by atoms with Crippen molar-refractivity contribution in [1.29, 1.82) is 0 Å². The van der Waals surface area contributed by atoms with Crippen molar-refractivity contribution in [1.82, 2.24) is 10.2 Å². The second kappa shape index (κ2) is 7.47. The summed E-state index contributed by atoms with van der Waals surface area (Å²) in [5.74, 6) is -1.64. The van der Waals surface area contributed by atoms with E-state index in [2.05, 4.69) is 5.32 Å². The van der Waals surface area contributed by atoms with Gasteiger partial charge in [-0.15, -0.1) is 0 Å². The summed E-state index contributed by atoms with van der Waals surface area (Å²) >= 11 is 5.97. The first kappa shape index (κ1) is 18.7. The summed E-state index contributed by atoms with van der Waals surface area (Å²) in [5.41, 5.74) is -0.880. The van der Waals surface area contributed by atoms with E-state index in [1.54, 1.807) is 6.92 Å². The Morgan fingerprint density at radius 1 is 1.44 bits per heavy atom. The number of rotatable bonds is 6. The van der Waals surface area contributed by atoms with Gasteiger partial charge in [-0.05, 0) is 25.3 Å². The second-order valence-corrected chi connectivity index (χ2v) is 5.95. The molecule has 0 bridgehead atoms. The standard InChI is InChI=1S/C15H16ClN3O6/c1-2-10(17-15(22)23)13(20)18(8-6-7-8)14(21)12-9(16)4-3-5-11(12)19(24)25/h3-5,8,10,17H,2,6-7H2,1H3,(H,22,23). The number of halogens is 1. The largest absolute Gasteiger partial charge is 0.465 e. The smallest absolute Gasteiger partial charge is 0.405 e. The minimum absolute atomic E-state index is 0.131. The molecule has 0 spiro atoms. The normalized spacial score (nSPS) is 14.5. The van der Waals surface area contributed by atoms with E-state index in [9.17, 15) is 24.5 Å². The average Bonchev–Trinajstić information content (AvgIpc) is 3.36. The zero-order valence-corrected chi connectivity index (χ0v) is 14.0. The maximum atomic E-state index is 12.9. The number of carboxylic acid groups (broad SMARTS) is 1. The number of nitro benzene ring substituents is 1. The quantitative estimate of drug-likeness (QED) is 0.585. The van der Waals surface area contributed by atoms with Gasteiger partial charge in [0.15, 0.2) is 0 Å². The molecule has 10 heteroatoms. The number of benzene rings is 1. The van der Waals surface area contributed by atoms with Crippen LogP contribution in [0.4, 0.5) is 10.5 Å². The van der Waals surface area contributed by atoms with Crippen molar-refractivity contribution in [3.8, 4) is 0 Å². The van der Waals surface area contributed by atoms with E-state index in [0.717, 1.165) is 11.0 Å². The fourth-order valence-corrected chi connectivity index (χ4v) is 2.68. The van der Waals surface area contributed by atoms with Gasteiger partial charge in [0.05, 0.1) is 9.95 Å². The molecule has 1 atom stereocenters. The Hall–Kier alpha value is -2.68. The predicted molar refractivity (Wildman–Crippen MR) is 87.5 cm³/mol. The van der Waals surface area contributed by atoms with Gasteiger partial charge < -0.3 is 10.4 Å². The Labute approximate surface area is 147 Å². The summed E-state index contributed by atoms with van der Waals surface area (Å²) in [6, 6.07) is 2.25. The molecule has 0 radical (unpaired) electrons. The number of nitro groups is 1. The Kier molecular flexibility index (Phi) is 5.58. The number of carbonyl (C=O) groups excluding carboxylic acids is 2. The number of amides is 3. The first-order valence-electron chi connectivity index (χ1n) is 7.57. The molecule has 0 saturated heterocycles. The highest BCUT2D eigenvalue weighted by Crippen LogP contribution is 2.33. The lowest BCUT2D eigenvalue weighted by Gasteiger charge is -2.25. The number of nitrogens with zero attached hydrogens (tertiary/aromatic N) is 2. The van der Waals surface area contributed by atoms with Crippen LogP contribution in [0.3, 0.4) is 0 Å². The van der Waals surface area contributed by atoms with E-state index >= 15 is 0 Å². The molecule has 1 aliphatic rings. The van der Waals surface area contributed by atoms with E-state index in [1.165, 1.54) is 12.1 Å². The summed E-state index contributed by atoms with van der Waals surface area (Å²) in [4.78, 5) is 47.7. The van der Waals surface area contributed by atoms with Crippen LogP contribution in [0.5, 0.6) is 0 Å². The zero-order chi connectivity index (χ0) is 18.7. The van der Waals surface area contributed by atoms with Crippen LogP contribution in [0.1, 0.15) is 36.5 Å². The van der Waals surface area contributed by atoms with E-state index in [4.69, 9.17) is 16.7 Å². The number of carbonyl (C=O) groups is 3. The van der Waals surface area contributed by atoms with Gasteiger partial charge in [0, 0.05) is 12.1 Å². The summed E-state index contributed by atoms with van der Waals surface area (Å²) in [5, 5.41) is 21.9. The molecule has 1 aliphatic carbocycles. The van der Waals surface area contributed by atoms with Gasteiger partial charge in [0.1, 0.15) is 11.6 Å². The van der Waals surface area contributed by atoms with Crippen LogP contribution in [0, 0.1) is 10.1 Å². The SMILES string of the molecule is CCC(NC(=O)O)C(=O)N(C(=O)c1c(Cl)cccc1[N+](=O)[O-])C1CC1. The lowest BCUT2D eigenvalue weighted by Crippen LogP contribution is -2.51. The highest BCUT2D eigenvalue weighted by molar-refractivity contribution is 6.35. The van der Waals surface area contributed by atoms with Crippen LogP contribution < -0.4 is 5.32 Å². The highest BCUT2D eigenvalue weighted by atomic mass is 35.5. The van der Waals surface area contributed by atoms with Gasteiger partial charge in [-0.2, -0.15) is 0 Å². The lowest BCUT2D eigenvalue weighted by atomic mass is 10.1. The Bertz CT molecular complexity index is 734. The Morgan fingerprint density at radius 2 is 2.08 bits per heavy atom. The first-order valence-corrected chi connectivity index (χ1v) is 7.95. The first-order chi connectivity index (χ1) is 11.8. The third-order valence-corrected chi connectivity index (χ3v) is 4.09. The van der Waals surface area contributed by atoms with Crippen molar-refractivity contribution < 1.29 is 24.4 Å². The van der Waals surface area contributed by atoms with Crippen LogP contribution >= 0.6 is 11.6 Å². The van der Waals surface area contributed by atoms with Crippen molar-refractivity contribution in [3.05, 3.63) is 38.9 Å². The molecule has 2 N–H and O–H groups in total. The minimum atomic E-state index is -1.40. The summed E-state index contributed by atoms with van der Waals surface area (Å²) in [7, 11) is 0. The van der Waals surface area contributed by atoms with E-state index < -0.39 is 40.6 Å². The molecular formula is C15H16ClN3O6. The van der Waals surface area contributed by atoms with Crippen LogP contribution in [-0.4, -0.2) is 44.9 Å². The van der Waals surface area contributed by atoms with Crippen molar-refractivity contribution in [3.63, 3.8) is 0 Å². The molecular weight excluding hydrogens is 354 g/mol. The monoisotopic (exact) mass is 369 g/mol. The zero-order valence-electron chi connectivity index (χ0n) is 13.3. The molecule has 1 saturated carbocycles. The molecule has 1 aromatic carbocycles. The lowest BCUT2D eigenvalue weighted by molar-refractivity contribution is -0.385. The van der Waals surface area contributed by atoms with Crippen molar-refractivity contribution >= 4 is 35.2 Å². The van der Waals surface area contributed by atoms with E-state index in [1.807, 2.05) is 0 Å². The number of hydrogen-bond acceptors (Lipinski definition) is 5. The van der Waals surface area contributed by atoms with Crippen molar-refractivity contribution in [2.45, 2.75) is 38.3 Å². The molecule has 2 rings (SSSR count). The molecule has 1 aromatic rings. The summed E-state index contributed by atoms with van der Waals surface area (Å²) in [6.07, 6.45) is -0.155. The summed E-state index contributed by atoms with van der Waals surface area (Å²) in [6.45, 7) is 1.59. The molecule has 3 amide bonds. The molecule has 134 valence electrons. The van der Waals surface area contributed by atoms with Gasteiger partial charge in [0.25, 0.3) is 17.5 Å². The fraction of sp³-hybridized carbons (Fsp3) is 0.400. The number of nitrogens with one attached hydrogen (secondary N) is 1. The highest BCUT2D eigenvalue weighted by Gasteiger charge is 2.42. The Morgan fingerprint density at radius 3 is 2.56 bits per heavy atom. The van der Waals surface area contributed by atoms with Crippen LogP contribution in [0.2, 0.25) is 5.02 Å². The number of hydrogen-bond donors (Lipinski definition) is 2. The molecule has 25 heavy (non-hydrogen) atoms. The minimum Gasteiger partial charge on any atom is -0.465 e. The average molecular weight is 370 g/mol. The predicted octanol–water partition coefficient (Wildman–Crippen LogP) is 2.43. The van der Waals surface area contributed by atoms with Gasteiger partial charge in [0.2, 0.25) is 0 Å². The third kappa shape index (κ3) is 4.05. The van der Waals surface area contributed by atoms with Crippen molar-refractivity contribution in [2.24, 2.45) is 0 Å². The molecule has 0 aromatic heterocycles. The molecule has 1 unspecified atom stereocenters. The van der Waals surface area contributed by atoms with Gasteiger partial charge >= 0.3 is 6.09 Å².